The molecule has 21 heavy (non-hydrogen) atoms. The predicted octanol–water partition coefficient (Wildman–Crippen LogP) is 5.19. The van der Waals surface area contributed by atoms with Crippen LogP contribution in [0, 0.1) is 34.5 Å². The molecule has 0 radical (unpaired) electrons. The summed E-state index contributed by atoms with van der Waals surface area (Å²) in [5.74, 6) is 3.13. The Labute approximate surface area is 131 Å². The Bertz CT molecular complexity index is 424. The first-order valence-corrected chi connectivity index (χ1v) is 9.22. The Hall–Kier alpha value is -0.300. The normalized spacial score (nSPS) is 46.8. The van der Waals surface area contributed by atoms with Crippen LogP contribution in [0.3, 0.4) is 0 Å². The molecule has 1 N–H and O–H groups in total. The van der Waals surface area contributed by atoms with E-state index in [1.807, 2.05) is 0 Å². The second-order valence-corrected chi connectivity index (χ2v) is 9.04. The zero-order valence-corrected chi connectivity index (χ0v) is 14.5. The second-order valence-electron chi connectivity index (χ2n) is 9.04. The molecule has 3 aliphatic carbocycles. The highest BCUT2D eigenvalue weighted by Crippen LogP contribution is 2.63. The van der Waals surface area contributed by atoms with Crippen molar-refractivity contribution in [1.29, 1.82) is 0 Å². The Balaban J connectivity index is 1.91. The van der Waals surface area contributed by atoms with E-state index in [0.29, 0.717) is 12.0 Å². The van der Waals surface area contributed by atoms with Crippen LogP contribution < -0.4 is 0 Å². The first-order valence-electron chi connectivity index (χ1n) is 9.22. The smallest absolute Gasteiger partial charge is 0.0487 e. The van der Waals surface area contributed by atoms with Crippen molar-refractivity contribution in [2.24, 2.45) is 34.5 Å². The summed E-state index contributed by atoms with van der Waals surface area (Å²) < 4.78 is 0. The molecule has 1 unspecified atom stereocenters. The number of aliphatic hydroxyl groups excluding tert-OH is 1. The van der Waals surface area contributed by atoms with Crippen LogP contribution in [0.4, 0.5) is 0 Å². The van der Waals surface area contributed by atoms with Crippen LogP contribution in [0.25, 0.3) is 0 Å². The quantitative estimate of drug-likeness (QED) is 0.694. The lowest BCUT2D eigenvalue weighted by Crippen LogP contribution is -2.52. The molecule has 0 aromatic heterocycles. The molecule has 0 heterocycles. The van der Waals surface area contributed by atoms with Gasteiger partial charge in [0.1, 0.15) is 0 Å². The highest BCUT2D eigenvalue weighted by Gasteiger charge is 2.54. The molecule has 0 aromatic rings. The Kier molecular flexibility index (Phi) is 4.01. The molecule has 3 aliphatic rings. The van der Waals surface area contributed by atoms with Gasteiger partial charge in [0.25, 0.3) is 0 Å². The molecule has 0 amide bonds. The number of allylic oxidation sites excluding steroid dienone is 2. The van der Waals surface area contributed by atoms with Gasteiger partial charge in [-0.3, -0.25) is 0 Å². The second kappa shape index (κ2) is 5.41. The first-order chi connectivity index (χ1) is 9.90. The lowest BCUT2D eigenvalue weighted by Gasteiger charge is -2.59. The fourth-order valence-electron chi connectivity index (χ4n) is 6.17. The summed E-state index contributed by atoms with van der Waals surface area (Å²) in [5, 5.41) is 10.00. The molecule has 0 bridgehead atoms. The van der Waals surface area contributed by atoms with Gasteiger partial charge in [-0.1, -0.05) is 45.8 Å². The van der Waals surface area contributed by atoms with Crippen LogP contribution in [0.15, 0.2) is 11.6 Å². The van der Waals surface area contributed by atoms with Gasteiger partial charge in [0.2, 0.25) is 0 Å². The lowest BCUT2D eigenvalue weighted by atomic mass is 9.45. The van der Waals surface area contributed by atoms with E-state index in [9.17, 15) is 5.11 Å². The average molecular weight is 290 g/mol. The fraction of sp³-hybridized carbons (Fsp3) is 0.900. The summed E-state index contributed by atoms with van der Waals surface area (Å²) in [5.41, 5.74) is 2.40. The average Bonchev–Trinajstić information content (AvgIpc) is 2.46. The van der Waals surface area contributed by atoms with Crippen LogP contribution in [0.2, 0.25) is 0 Å². The standard InChI is InChI=1S/C20H34O/c1-14(2)15-6-8-17-16(12-15)7-9-18-19(3,13-21)10-5-11-20(17,18)4/h12,14-15,17-18,21H,5-11,13H2,1-4H3/t15?,17-,18-,19-,20+/m0/s1. The van der Waals surface area contributed by atoms with Crippen molar-refractivity contribution in [3.63, 3.8) is 0 Å². The van der Waals surface area contributed by atoms with Crippen LogP contribution in [0.5, 0.6) is 0 Å². The van der Waals surface area contributed by atoms with Gasteiger partial charge in [-0.25, -0.2) is 0 Å². The number of fused-ring (bicyclic) bond motifs is 3. The maximum absolute atomic E-state index is 10.00. The van der Waals surface area contributed by atoms with Gasteiger partial charge in [-0.05, 0) is 73.0 Å². The van der Waals surface area contributed by atoms with Crippen molar-refractivity contribution >= 4 is 0 Å². The van der Waals surface area contributed by atoms with E-state index in [4.69, 9.17) is 0 Å². The summed E-state index contributed by atoms with van der Waals surface area (Å²) in [6, 6.07) is 0. The zero-order chi connectivity index (χ0) is 15.3. The van der Waals surface area contributed by atoms with E-state index in [1.165, 1.54) is 44.9 Å². The summed E-state index contributed by atoms with van der Waals surface area (Å²) in [7, 11) is 0. The van der Waals surface area contributed by atoms with E-state index >= 15 is 0 Å². The molecule has 0 saturated heterocycles. The molecule has 3 rings (SSSR count). The van der Waals surface area contributed by atoms with Crippen LogP contribution in [0.1, 0.15) is 72.6 Å². The summed E-state index contributed by atoms with van der Waals surface area (Å²) in [4.78, 5) is 0. The van der Waals surface area contributed by atoms with E-state index < -0.39 is 0 Å². The van der Waals surface area contributed by atoms with Gasteiger partial charge >= 0.3 is 0 Å². The first kappa shape index (κ1) is 15.6. The van der Waals surface area contributed by atoms with Crippen LogP contribution in [-0.2, 0) is 0 Å². The molecular formula is C20H34O. The van der Waals surface area contributed by atoms with Crippen molar-refractivity contribution in [2.75, 3.05) is 6.61 Å². The Morgan fingerprint density at radius 1 is 1.19 bits per heavy atom. The van der Waals surface area contributed by atoms with Crippen molar-refractivity contribution < 1.29 is 5.11 Å². The third kappa shape index (κ3) is 2.40. The summed E-state index contributed by atoms with van der Waals surface area (Å²) in [6.45, 7) is 10.0. The van der Waals surface area contributed by atoms with Crippen molar-refractivity contribution in [3.05, 3.63) is 11.6 Å². The van der Waals surface area contributed by atoms with E-state index in [-0.39, 0.29) is 5.41 Å². The van der Waals surface area contributed by atoms with Gasteiger partial charge < -0.3 is 5.11 Å². The summed E-state index contributed by atoms with van der Waals surface area (Å²) >= 11 is 0. The van der Waals surface area contributed by atoms with E-state index in [2.05, 4.69) is 33.8 Å². The highest BCUT2D eigenvalue weighted by atomic mass is 16.3. The molecule has 120 valence electrons. The van der Waals surface area contributed by atoms with Crippen LogP contribution in [-0.4, -0.2) is 11.7 Å². The molecule has 2 saturated carbocycles. The van der Waals surface area contributed by atoms with E-state index in [0.717, 1.165) is 23.7 Å². The number of rotatable bonds is 2. The van der Waals surface area contributed by atoms with E-state index in [1.54, 1.807) is 5.57 Å². The van der Waals surface area contributed by atoms with Gasteiger partial charge in [-0.2, -0.15) is 0 Å². The van der Waals surface area contributed by atoms with Crippen LogP contribution >= 0.6 is 0 Å². The predicted molar refractivity (Wildman–Crippen MR) is 89.0 cm³/mol. The number of aliphatic hydroxyl groups is 1. The molecule has 2 fully saturated rings. The molecule has 0 aromatic carbocycles. The Morgan fingerprint density at radius 2 is 1.95 bits per heavy atom. The minimum Gasteiger partial charge on any atom is -0.396 e. The van der Waals surface area contributed by atoms with Gasteiger partial charge in [-0.15, -0.1) is 0 Å². The topological polar surface area (TPSA) is 20.2 Å². The number of hydrogen-bond acceptors (Lipinski definition) is 1. The molecule has 1 heteroatoms. The summed E-state index contributed by atoms with van der Waals surface area (Å²) in [6.07, 6.45) is 11.9. The maximum Gasteiger partial charge on any atom is 0.0487 e. The molecule has 1 nitrogen and oxygen atoms in total. The SMILES string of the molecule is CC(C)C1C=C2CC[C@H]3[C@](C)(CO)CCC[C@]3(C)[C@H]2CC1. The molecular weight excluding hydrogens is 256 g/mol. The number of hydrogen-bond donors (Lipinski definition) is 1. The third-order valence-corrected chi connectivity index (χ3v) is 7.50. The molecule has 5 atom stereocenters. The Morgan fingerprint density at radius 3 is 2.62 bits per heavy atom. The molecule has 0 aliphatic heterocycles. The van der Waals surface area contributed by atoms with Crippen molar-refractivity contribution in [3.8, 4) is 0 Å². The monoisotopic (exact) mass is 290 g/mol. The fourth-order valence-corrected chi connectivity index (χ4v) is 6.17. The minimum absolute atomic E-state index is 0.174. The van der Waals surface area contributed by atoms with Gasteiger partial charge in [0.15, 0.2) is 0 Å². The van der Waals surface area contributed by atoms with Gasteiger partial charge in [0.05, 0.1) is 0 Å². The minimum atomic E-state index is 0.174. The maximum atomic E-state index is 10.00. The van der Waals surface area contributed by atoms with Crippen molar-refractivity contribution in [2.45, 2.75) is 72.6 Å². The lowest BCUT2D eigenvalue weighted by molar-refractivity contribution is -0.0888. The molecule has 0 spiro atoms. The highest BCUT2D eigenvalue weighted by molar-refractivity contribution is 5.22. The largest absolute Gasteiger partial charge is 0.396 e. The van der Waals surface area contributed by atoms with Gasteiger partial charge in [0, 0.05) is 6.61 Å². The zero-order valence-electron chi connectivity index (χ0n) is 14.5. The third-order valence-electron chi connectivity index (χ3n) is 7.50. The van der Waals surface area contributed by atoms with Crippen molar-refractivity contribution in [1.82, 2.24) is 0 Å².